The third-order valence-corrected chi connectivity index (χ3v) is 6.36. The number of rotatable bonds is 5. The first-order chi connectivity index (χ1) is 12.8. The highest BCUT2D eigenvalue weighted by molar-refractivity contribution is 5.67. The van der Waals surface area contributed by atoms with E-state index < -0.39 is 0 Å². The van der Waals surface area contributed by atoms with Gasteiger partial charge in [-0.25, -0.2) is 4.79 Å². The number of benzene rings is 1. The van der Waals surface area contributed by atoms with Gasteiger partial charge in [-0.05, 0) is 56.0 Å². The van der Waals surface area contributed by atoms with E-state index in [-0.39, 0.29) is 6.09 Å². The fourth-order valence-corrected chi connectivity index (χ4v) is 4.67. The van der Waals surface area contributed by atoms with Gasteiger partial charge in [0.2, 0.25) is 0 Å². The monoisotopic (exact) mass is 356 g/mol. The Morgan fingerprint density at radius 3 is 2.46 bits per heavy atom. The second kappa shape index (κ2) is 8.43. The van der Waals surface area contributed by atoms with Gasteiger partial charge in [0, 0.05) is 25.7 Å². The molecule has 2 saturated heterocycles. The Morgan fingerprint density at radius 1 is 0.962 bits per heavy atom. The summed E-state index contributed by atoms with van der Waals surface area (Å²) in [5.41, 5.74) is 1.05. The van der Waals surface area contributed by atoms with Gasteiger partial charge in [0.25, 0.3) is 0 Å². The second-order valence-corrected chi connectivity index (χ2v) is 8.44. The Kier molecular flexibility index (Phi) is 5.78. The molecule has 0 bridgehead atoms. The molecule has 1 atom stereocenters. The number of hydrogen-bond donors (Lipinski definition) is 0. The van der Waals surface area contributed by atoms with Crippen LogP contribution >= 0.6 is 0 Å². The maximum Gasteiger partial charge on any atom is 0.410 e. The van der Waals surface area contributed by atoms with E-state index in [1.54, 1.807) is 0 Å². The van der Waals surface area contributed by atoms with Crippen LogP contribution in [-0.4, -0.2) is 48.1 Å². The van der Waals surface area contributed by atoms with E-state index in [1.165, 1.54) is 45.2 Å². The summed E-state index contributed by atoms with van der Waals surface area (Å²) in [6.45, 7) is 4.59. The molecule has 1 saturated carbocycles. The maximum atomic E-state index is 12.3. The minimum atomic E-state index is -0.155. The molecule has 3 aliphatic rings. The summed E-state index contributed by atoms with van der Waals surface area (Å²) in [5, 5.41) is 0. The van der Waals surface area contributed by atoms with Gasteiger partial charge in [0.1, 0.15) is 6.61 Å². The van der Waals surface area contributed by atoms with Crippen LogP contribution in [0.4, 0.5) is 4.79 Å². The summed E-state index contributed by atoms with van der Waals surface area (Å²) in [6, 6.07) is 10.6. The van der Waals surface area contributed by atoms with Crippen molar-refractivity contribution in [3.05, 3.63) is 35.9 Å². The third kappa shape index (κ3) is 4.79. The summed E-state index contributed by atoms with van der Waals surface area (Å²) in [5.74, 6) is 1.96. The molecule has 26 heavy (non-hydrogen) atoms. The van der Waals surface area contributed by atoms with Crippen LogP contribution < -0.4 is 0 Å². The molecule has 1 aliphatic carbocycles. The van der Waals surface area contributed by atoms with Crippen LogP contribution in [0.3, 0.4) is 0 Å². The number of amides is 1. The lowest BCUT2D eigenvalue weighted by Crippen LogP contribution is -2.49. The van der Waals surface area contributed by atoms with E-state index in [0.29, 0.717) is 12.6 Å². The van der Waals surface area contributed by atoms with E-state index >= 15 is 0 Å². The Bertz CT molecular complexity index is 579. The van der Waals surface area contributed by atoms with Gasteiger partial charge >= 0.3 is 6.09 Å². The van der Waals surface area contributed by atoms with E-state index in [9.17, 15) is 4.79 Å². The standard InChI is InChI=1S/C22H32N2O2/c25-22(26-17-19-5-2-1-3-6-19)23-13-10-21(11-14-23)24-12-4-7-20(16-24)15-18-8-9-18/h1-3,5-6,18,20-21H,4,7-17H2. The number of carbonyl (C=O) groups excluding carboxylic acids is 1. The lowest BCUT2D eigenvalue weighted by molar-refractivity contribution is 0.0518. The minimum absolute atomic E-state index is 0.155. The zero-order valence-electron chi connectivity index (χ0n) is 15.8. The van der Waals surface area contributed by atoms with Gasteiger partial charge in [-0.15, -0.1) is 0 Å². The number of likely N-dealkylation sites (tertiary alicyclic amines) is 2. The van der Waals surface area contributed by atoms with Crippen LogP contribution in [0.25, 0.3) is 0 Å². The number of ether oxygens (including phenoxy) is 1. The molecule has 2 heterocycles. The predicted molar refractivity (Wildman–Crippen MR) is 103 cm³/mol. The summed E-state index contributed by atoms with van der Waals surface area (Å²) >= 11 is 0. The maximum absolute atomic E-state index is 12.3. The number of piperidine rings is 2. The number of nitrogens with zero attached hydrogens (tertiary/aromatic N) is 2. The van der Waals surface area contributed by atoms with Crippen molar-refractivity contribution in [2.75, 3.05) is 26.2 Å². The highest BCUT2D eigenvalue weighted by atomic mass is 16.6. The van der Waals surface area contributed by atoms with Crippen molar-refractivity contribution in [3.8, 4) is 0 Å². The number of carbonyl (C=O) groups is 1. The highest BCUT2D eigenvalue weighted by Crippen LogP contribution is 2.38. The fourth-order valence-electron chi connectivity index (χ4n) is 4.67. The molecular formula is C22H32N2O2. The molecule has 0 radical (unpaired) electrons. The van der Waals surface area contributed by atoms with Gasteiger partial charge in [-0.1, -0.05) is 43.2 Å². The smallest absolute Gasteiger partial charge is 0.410 e. The van der Waals surface area contributed by atoms with E-state index in [4.69, 9.17) is 4.74 Å². The molecule has 1 unspecified atom stereocenters. The zero-order chi connectivity index (χ0) is 17.8. The predicted octanol–water partition coefficient (Wildman–Crippen LogP) is 4.30. The molecule has 0 aromatic heterocycles. The van der Waals surface area contributed by atoms with Crippen molar-refractivity contribution in [2.24, 2.45) is 11.8 Å². The van der Waals surface area contributed by atoms with Crippen molar-refractivity contribution in [3.63, 3.8) is 0 Å². The first-order valence-electron chi connectivity index (χ1n) is 10.5. The average molecular weight is 357 g/mol. The van der Waals surface area contributed by atoms with Crippen LogP contribution in [0, 0.1) is 11.8 Å². The molecule has 4 rings (SSSR count). The molecule has 0 spiro atoms. The molecule has 3 fully saturated rings. The van der Waals surface area contributed by atoms with Crippen molar-refractivity contribution < 1.29 is 9.53 Å². The molecule has 1 aromatic rings. The van der Waals surface area contributed by atoms with Crippen LogP contribution in [0.5, 0.6) is 0 Å². The summed E-state index contributed by atoms with van der Waals surface area (Å²) in [6.07, 6.45) is 9.22. The van der Waals surface area contributed by atoms with E-state index in [2.05, 4.69) is 4.90 Å². The largest absolute Gasteiger partial charge is 0.445 e. The Balaban J connectivity index is 1.20. The van der Waals surface area contributed by atoms with Gasteiger partial charge in [0.15, 0.2) is 0 Å². The van der Waals surface area contributed by atoms with Crippen LogP contribution in [0.15, 0.2) is 30.3 Å². The Morgan fingerprint density at radius 2 is 1.73 bits per heavy atom. The van der Waals surface area contributed by atoms with Gasteiger partial charge < -0.3 is 9.64 Å². The highest BCUT2D eigenvalue weighted by Gasteiger charge is 2.33. The van der Waals surface area contributed by atoms with Crippen molar-refractivity contribution in [2.45, 2.75) is 57.6 Å². The van der Waals surface area contributed by atoms with Gasteiger partial charge in [-0.3, -0.25) is 4.90 Å². The van der Waals surface area contributed by atoms with Crippen molar-refractivity contribution in [1.29, 1.82) is 0 Å². The molecule has 4 nitrogen and oxygen atoms in total. The molecule has 4 heteroatoms. The second-order valence-electron chi connectivity index (χ2n) is 8.44. The Hall–Kier alpha value is -1.55. The Labute approximate surface area is 157 Å². The lowest BCUT2D eigenvalue weighted by Gasteiger charge is -2.42. The summed E-state index contributed by atoms with van der Waals surface area (Å²) in [4.78, 5) is 16.9. The molecular weight excluding hydrogens is 324 g/mol. The minimum Gasteiger partial charge on any atom is -0.445 e. The average Bonchev–Trinajstić information content (AvgIpc) is 3.51. The summed E-state index contributed by atoms with van der Waals surface area (Å²) in [7, 11) is 0. The molecule has 0 N–H and O–H groups in total. The van der Waals surface area contributed by atoms with E-state index in [1.807, 2.05) is 35.2 Å². The third-order valence-electron chi connectivity index (χ3n) is 6.36. The van der Waals surface area contributed by atoms with Crippen LogP contribution in [-0.2, 0) is 11.3 Å². The topological polar surface area (TPSA) is 32.8 Å². The van der Waals surface area contributed by atoms with Gasteiger partial charge in [-0.2, -0.15) is 0 Å². The first kappa shape index (κ1) is 17.8. The first-order valence-corrected chi connectivity index (χ1v) is 10.5. The fraction of sp³-hybridized carbons (Fsp3) is 0.682. The summed E-state index contributed by atoms with van der Waals surface area (Å²) < 4.78 is 5.49. The molecule has 1 amide bonds. The quantitative estimate of drug-likeness (QED) is 0.788. The van der Waals surface area contributed by atoms with E-state index in [0.717, 1.165) is 43.3 Å². The number of hydrogen-bond acceptors (Lipinski definition) is 3. The zero-order valence-corrected chi connectivity index (χ0v) is 15.8. The molecule has 1 aromatic carbocycles. The van der Waals surface area contributed by atoms with Crippen LogP contribution in [0.2, 0.25) is 0 Å². The van der Waals surface area contributed by atoms with Crippen molar-refractivity contribution in [1.82, 2.24) is 9.80 Å². The van der Waals surface area contributed by atoms with Gasteiger partial charge in [0.05, 0.1) is 0 Å². The van der Waals surface area contributed by atoms with Crippen LogP contribution in [0.1, 0.15) is 50.5 Å². The molecule has 2 aliphatic heterocycles. The lowest BCUT2D eigenvalue weighted by atomic mass is 9.90. The molecule has 142 valence electrons. The normalized spacial score (nSPS) is 25.2. The van der Waals surface area contributed by atoms with Crippen molar-refractivity contribution >= 4 is 6.09 Å². The SMILES string of the molecule is O=C(OCc1ccccc1)N1CCC(N2CCCC(CC3CC3)C2)CC1.